The van der Waals surface area contributed by atoms with Crippen molar-refractivity contribution < 1.29 is 29.3 Å². The molecule has 4 rings (SSSR count). The maximum Gasteiger partial charge on any atom is 0.192 e. The van der Waals surface area contributed by atoms with Crippen LogP contribution in [0.3, 0.4) is 0 Å². The van der Waals surface area contributed by atoms with E-state index >= 15 is 0 Å². The number of fused-ring (bicyclic) bond motifs is 2. The van der Waals surface area contributed by atoms with E-state index in [0.717, 1.165) is 37.1 Å². The molecule has 0 radical (unpaired) electrons. The van der Waals surface area contributed by atoms with Gasteiger partial charge >= 0.3 is 0 Å². The van der Waals surface area contributed by atoms with Crippen LogP contribution >= 0.6 is 0 Å². The van der Waals surface area contributed by atoms with Gasteiger partial charge in [-0.3, -0.25) is 9.97 Å². The van der Waals surface area contributed by atoms with Crippen LogP contribution in [0.5, 0.6) is 0 Å². The third-order valence-electron chi connectivity index (χ3n) is 10.7. The van der Waals surface area contributed by atoms with Crippen LogP contribution in [0.4, 0.5) is 0 Å². The monoisotopic (exact) mass is 686 g/mol. The Morgan fingerprint density at radius 3 is 1.20 bits per heavy atom. The van der Waals surface area contributed by atoms with E-state index < -0.39 is 16.6 Å². The Hall–Kier alpha value is -0.684. The first-order chi connectivity index (χ1) is 18.1. The Morgan fingerprint density at radius 1 is 0.585 bits per heavy atom. The van der Waals surface area contributed by atoms with Gasteiger partial charge in [-0.2, -0.15) is 0 Å². The van der Waals surface area contributed by atoms with Gasteiger partial charge in [0.05, 0.1) is 34.0 Å². The van der Waals surface area contributed by atoms with Gasteiger partial charge in [-0.15, -0.1) is 0 Å². The summed E-state index contributed by atoms with van der Waals surface area (Å²) in [6.07, 6.45) is 4.31. The van der Waals surface area contributed by atoms with Crippen molar-refractivity contribution in [2.75, 3.05) is 0 Å². The van der Waals surface area contributed by atoms with Crippen LogP contribution in [0.1, 0.15) is 116 Å². The van der Waals surface area contributed by atoms with Crippen LogP contribution in [-0.2, 0) is 42.1 Å². The Balaban J connectivity index is 0.00000462. The van der Waals surface area contributed by atoms with Crippen molar-refractivity contribution >= 4 is 16.6 Å². The molecule has 0 aromatic carbocycles. The van der Waals surface area contributed by atoms with Crippen LogP contribution in [-0.4, -0.2) is 37.8 Å². The Kier molecular flexibility index (Phi) is 9.63. The van der Waals surface area contributed by atoms with E-state index in [4.69, 9.17) is 18.8 Å². The standard InChI is InChI=1S/C34H56N2O2Si2.Pd/c1-31(2,3)39(11,12)37-33(7,8)25-19-15-23-17-21-27(35-29(23)25)28-22-18-24-16-20-26(30(24)36-28)34(9,10)38-40(13,14)32(4,5)6;/h17-18,21-22,25-26H,15-16,19-20H2,1-14H3;/t25-,26+;. The zero-order valence-corrected chi connectivity index (χ0v) is 31.9. The van der Waals surface area contributed by atoms with Gasteiger partial charge in [-0.1, -0.05) is 53.7 Å². The SMILES string of the molecule is CC(C)(O[Si](C)(C)C(C)(C)C)[C@@H]1CCc2ccc(-c3ccc4c(n3)[C@@H](C(C)(C)O[Si](C)(C)C(C)(C)C)CC4)nc21.[Pd]. The number of aromatic nitrogens is 2. The minimum atomic E-state index is -1.92. The third kappa shape index (κ3) is 6.86. The predicted octanol–water partition coefficient (Wildman–Crippen LogP) is 9.80. The van der Waals surface area contributed by atoms with Crippen LogP contribution in [0.2, 0.25) is 36.3 Å². The summed E-state index contributed by atoms with van der Waals surface area (Å²) in [6, 6.07) is 8.94. The second-order valence-electron chi connectivity index (χ2n) is 16.6. The van der Waals surface area contributed by atoms with Crippen molar-refractivity contribution in [3.05, 3.63) is 46.8 Å². The molecule has 4 nitrogen and oxygen atoms in total. The van der Waals surface area contributed by atoms with Gasteiger partial charge in [-0.25, -0.2) is 0 Å². The number of aryl methyl sites for hydroxylation is 2. The van der Waals surface area contributed by atoms with Crippen molar-refractivity contribution in [2.45, 2.75) is 154 Å². The van der Waals surface area contributed by atoms with Crippen molar-refractivity contribution in [1.29, 1.82) is 0 Å². The topological polar surface area (TPSA) is 44.2 Å². The molecule has 0 aliphatic heterocycles. The molecule has 0 bridgehead atoms. The summed E-state index contributed by atoms with van der Waals surface area (Å²) in [7, 11) is -3.84. The van der Waals surface area contributed by atoms with Crippen molar-refractivity contribution in [2.24, 2.45) is 0 Å². The largest absolute Gasteiger partial charge is 0.411 e. The van der Waals surface area contributed by atoms with Gasteiger partial charge in [0.25, 0.3) is 0 Å². The molecular formula is C34H56N2O2PdSi2. The zero-order chi connectivity index (χ0) is 30.1. The second-order valence-corrected chi connectivity index (χ2v) is 26.0. The molecule has 7 heteroatoms. The molecule has 2 aliphatic rings. The summed E-state index contributed by atoms with van der Waals surface area (Å²) in [5.74, 6) is 0.575. The second kappa shape index (κ2) is 11.3. The average molecular weight is 687 g/mol. The van der Waals surface area contributed by atoms with E-state index in [1.54, 1.807) is 0 Å². The first-order valence-electron chi connectivity index (χ1n) is 15.5. The zero-order valence-electron chi connectivity index (χ0n) is 28.3. The van der Waals surface area contributed by atoms with Crippen LogP contribution in [0.25, 0.3) is 11.4 Å². The van der Waals surface area contributed by atoms with Gasteiger partial charge in [-0.05, 0) is 113 Å². The average Bonchev–Trinajstić information content (AvgIpc) is 3.40. The van der Waals surface area contributed by atoms with E-state index in [1.807, 2.05) is 0 Å². The minimum absolute atomic E-state index is 0. The number of rotatable bonds is 7. The van der Waals surface area contributed by atoms with E-state index in [2.05, 4.69) is 120 Å². The first-order valence-corrected chi connectivity index (χ1v) is 21.3. The Labute approximate surface area is 267 Å². The normalized spacial score (nSPS) is 20.0. The summed E-state index contributed by atoms with van der Waals surface area (Å²) < 4.78 is 14.0. The van der Waals surface area contributed by atoms with Crippen LogP contribution < -0.4 is 0 Å². The van der Waals surface area contributed by atoms with Gasteiger partial charge in [0.2, 0.25) is 0 Å². The molecule has 0 unspecified atom stereocenters. The minimum Gasteiger partial charge on any atom is -0.411 e. The molecule has 0 spiro atoms. The fourth-order valence-corrected chi connectivity index (χ4v) is 9.84. The van der Waals surface area contributed by atoms with Crippen LogP contribution in [0.15, 0.2) is 24.3 Å². The predicted molar refractivity (Wildman–Crippen MR) is 174 cm³/mol. The first kappa shape index (κ1) is 34.8. The molecule has 2 aromatic rings. The van der Waals surface area contributed by atoms with Crippen molar-refractivity contribution in [3.8, 4) is 11.4 Å². The Bertz CT molecular complexity index is 1160. The molecular weight excluding hydrogens is 631 g/mol. The smallest absolute Gasteiger partial charge is 0.192 e. The molecule has 0 saturated carbocycles. The summed E-state index contributed by atoms with van der Waals surface area (Å²) >= 11 is 0. The summed E-state index contributed by atoms with van der Waals surface area (Å²) in [5, 5.41) is 0.349. The van der Waals surface area contributed by atoms with Gasteiger partial charge in [0.15, 0.2) is 16.6 Å². The fraction of sp³-hybridized carbons (Fsp3) is 0.706. The maximum atomic E-state index is 7.02. The van der Waals surface area contributed by atoms with E-state index in [0.29, 0.717) is 0 Å². The molecule has 2 aromatic heterocycles. The maximum absolute atomic E-state index is 7.02. The molecule has 0 fully saturated rings. The molecule has 232 valence electrons. The van der Waals surface area contributed by atoms with E-state index in [-0.39, 0.29) is 53.5 Å². The molecule has 2 aliphatic carbocycles. The summed E-state index contributed by atoms with van der Waals surface area (Å²) in [5.41, 5.74) is 6.58. The molecule has 0 amide bonds. The molecule has 2 atom stereocenters. The fourth-order valence-electron chi connectivity index (χ4n) is 6.31. The molecule has 0 N–H and O–H groups in total. The molecule has 41 heavy (non-hydrogen) atoms. The van der Waals surface area contributed by atoms with Crippen LogP contribution in [0, 0.1) is 0 Å². The van der Waals surface area contributed by atoms with E-state index in [1.165, 1.54) is 22.5 Å². The number of pyridine rings is 2. The van der Waals surface area contributed by atoms with Crippen molar-refractivity contribution in [3.63, 3.8) is 0 Å². The summed E-state index contributed by atoms with van der Waals surface area (Å²) in [6.45, 7) is 32.5. The Morgan fingerprint density at radius 2 is 0.902 bits per heavy atom. The quantitative estimate of drug-likeness (QED) is 0.272. The summed E-state index contributed by atoms with van der Waals surface area (Å²) in [4.78, 5) is 10.6. The third-order valence-corrected chi connectivity index (χ3v) is 20.0. The molecule has 0 saturated heterocycles. The van der Waals surface area contributed by atoms with Crippen molar-refractivity contribution in [1.82, 2.24) is 9.97 Å². The van der Waals surface area contributed by atoms with Gasteiger partial charge in [0, 0.05) is 32.3 Å². The van der Waals surface area contributed by atoms with Gasteiger partial charge in [0.1, 0.15) is 0 Å². The number of hydrogen-bond acceptors (Lipinski definition) is 4. The number of nitrogens with zero attached hydrogens (tertiary/aromatic N) is 2. The van der Waals surface area contributed by atoms with Gasteiger partial charge < -0.3 is 8.85 Å². The van der Waals surface area contributed by atoms with E-state index in [9.17, 15) is 0 Å². The molecule has 2 heterocycles. The number of hydrogen-bond donors (Lipinski definition) is 0.